The molecule has 0 radical (unpaired) electrons. The number of rotatable bonds is 3. The van der Waals surface area contributed by atoms with Crippen molar-refractivity contribution in [2.24, 2.45) is 0 Å². The fourth-order valence-electron chi connectivity index (χ4n) is 1.72. The number of allylic oxidation sites excluding steroid dienone is 1. The van der Waals surface area contributed by atoms with Crippen molar-refractivity contribution in [1.29, 1.82) is 0 Å². The van der Waals surface area contributed by atoms with Crippen LogP contribution >= 0.6 is 23.5 Å². The molecule has 0 saturated carbocycles. The molecule has 0 bridgehead atoms. The molecule has 3 heteroatoms. The van der Waals surface area contributed by atoms with E-state index >= 15 is 0 Å². The quantitative estimate of drug-likeness (QED) is 0.771. The van der Waals surface area contributed by atoms with Gasteiger partial charge in [-0.2, -0.15) is 0 Å². The zero-order valence-electron chi connectivity index (χ0n) is 9.02. The van der Waals surface area contributed by atoms with Gasteiger partial charge >= 0.3 is 0 Å². The van der Waals surface area contributed by atoms with Crippen molar-refractivity contribution in [2.45, 2.75) is 32.7 Å². The summed E-state index contributed by atoms with van der Waals surface area (Å²) in [7, 11) is 0. The molecule has 0 aromatic rings. The smallest absolute Gasteiger partial charge is 0.189 e. The van der Waals surface area contributed by atoms with E-state index in [0.717, 1.165) is 6.42 Å². The third-order valence-electron chi connectivity index (χ3n) is 2.27. The summed E-state index contributed by atoms with van der Waals surface area (Å²) in [6.45, 7) is 6.70. The lowest BCUT2D eigenvalue weighted by atomic mass is 10.1. The molecule has 74 valence electrons. The Labute approximate surface area is 89.5 Å². The second-order valence-electron chi connectivity index (χ2n) is 3.65. The van der Waals surface area contributed by atoms with E-state index in [4.69, 9.17) is 0 Å². The summed E-state index contributed by atoms with van der Waals surface area (Å²) in [5.41, 5.74) is 1.55. The van der Waals surface area contributed by atoms with Gasteiger partial charge in [-0.05, 0) is 12.5 Å². The van der Waals surface area contributed by atoms with E-state index < -0.39 is 0 Å². The van der Waals surface area contributed by atoms with Gasteiger partial charge in [0.1, 0.15) is 0 Å². The normalized spacial score (nSPS) is 20.8. The van der Waals surface area contributed by atoms with Crippen molar-refractivity contribution in [3.05, 3.63) is 9.81 Å². The highest BCUT2D eigenvalue weighted by Crippen LogP contribution is 2.34. The molecule has 1 rings (SSSR count). The molecule has 0 aliphatic carbocycles. The highest BCUT2D eigenvalue weighted by atomic mass is 32.2. The monoisotopic (exact) mass is 216 g/mol. The van der Waals surface area contributed by atoms with Crippen LogP contribution in [-0.4, -0.2) is 23.8 Å². The lowest BCUT2D eigenvalue weighted by Gasteiger charge is -2.11. The van der Waals surface area contributed by atoms with E-state index in [2.05, 4.69) is 38.3 Å². The van der Waals surface area contributed by atoms with Crippen LogP contribution in [0.3, 0.4) is 0 Å². The predicted molar refractivity (Wildman–Crippen MR) is 64.4 cm³/mol. The zero-order chi connectivity index (χ0) is 10.1. The van der Waals surface area contributed by atoms with Gasteiger partial charge in [-0.25, -0.2) is 4.99 Å². The number of thioether (sulfide) groups is 2. The molecule has 0 amide bonds. The van der Waals surface area contributed by atoms with Gasteiger partial charge in [-0.3, -0.25) is 0 Å². The minimum Gasteiger partial charge on any atom is -0.235 e. The van der Waals surface area contributed by atoms with E-state index in [9.17, 15) is 0 Å². The minimum atomic E-state index is 0.142. The Bertz CT molecular complexity index is 264. The van der Waals surface area contributed by atoms with Crippen LogP contribution in [0.4, 0.5) is 0 Å². The van der Waals surface area contributed by atoms with Crippen molar-refractivity contribution < 1.29 is 4.99 Å². The first-order valence-electron chi connectivity index (χ1n) is 4.54. The summed E-state index contributed by atoms with van der Waals surface area (Å²) in [5.74, 6) is 0. The second kappa shape index (κ2) is 4.09. The second-order valence-corrected chi connectivity index (χ2v) is 5.28. The maximum Gasteiger partial charge on any atom is 0.189 e. The zero-order valence-corrected chi connectivity index (χ0v) is 10.7. The van der Waals surface area contributed by atoms with E-state index in [0.29, 0.717) is 0 Å². The first-order valence-corrected chi connectivity index (χ1v) is 6.98. The van der Waals surface area contributed by atoms with Crippen LogP contribution in [0.15, 0.2) is 9.81 Å². The van der Waals surface area contributed by atoms with E-state index in [1.165, 1.54) is 15.5 Å². The Balaban J connectivity index is 3.12. The third-order valence-corrected chi connectivity index (χ3v) is 4.38. The van der Waals surface area contributed by atoms with Gasteiger partial charge in [-0.15, -0.1) is 23.5 Å². The molecule has 1 N–H and O–H groups in total. The highest BCUT2D eigenvalue weighted by molar-refractivity contribution is 8.06. The molecule has 1 aliphatic heterocycles. The molecule has 0 aromatic carbocycles. The van der Waals surface area contributed by atoms with Crippen LogP contribution in [0, 0.1) is 0 Å². The van der Waals surface area contributed by atoms with Crippen molar-refractivity contribution in [1.82, 2.24) is 0 Å². The lowest BCUT2D eigenvalue weighted by molar-refractivity contribution is -0.524. The molecule has 1 heterocycles. The Hall–Kier alpha value is 0.110. The number of hydrogen-bond acceptors (Lipinski definition) is 2. The fraction of sp³-hybridized carbons (Fsp3) is 0.700. The molecule has 0 fully saturated rings. The van der Waals surface area contributed by atoms with Crippen molar-refractivity contribution in [3.63, 3.8) is 0 Å². The number of nitrogens with one attached hydrogen (secondary N) is 1. The van der Waals surface area contributed by atoms with Gasteiger partial charge in [0, 0.05) is 20.3 Å². The largest absolute Gasteiger partial charge is 0.235 e. The Kier molecular flexibility index (Phi) is 3.52. The van der Waals surface area contributed by atoms with E-state index in [1.54, 1.807) is 0 Å². The van der Waals surface area contributed by atoms with E-state index in [1.807, 2.05) is 23.5 Å². The standard InChI is InChI=1S/C10H17NS2/c1-6-7-8(12-4)9(13-5)10(2,3)11-7/h6H2,1-5H3/p+1. The molecule has 0 atom stereocenters. The van der Waals surface area contributed by atoms with Crippen LogP contribution in [0.5, 0.6) is 0 Å². The molecule has 0 spiro atoms. The average molecular weight is 216 g/mol. The van der Waals surface area contributed by atoms with Gasteiger partial charge in [-0.1, -0.05) is 6.92 Å². The van der Waals surface area contributed by atoms with Crippen LogP contribution < -0.4 is 4.99 Å². The molecule has 1 nitrogen and oxygen atoms in total. The molecule has 1 aliphatic rings. The van der Waals surface area contributed by atoms with Gasteiger partial charge in [0.15, 0.2) is 11.3 Å². The maximum absolute atomic E-state index is 3.58. The van der Waals surface area contributed by atoms with Gasteiger partial charge in [0.05, 0.1) is 9.81 Å². The Morgan fingerprint density at radius 3 is 2.23 bits per heavy atom. The molecular weight excluding hydrogens is 198 g/mol. The molecule has 0 saturated heterocycles. The van der Waals surface area contributed by atoms with E-state index in [-0.39, 0.29) is 5.54 Å². The molecule has 0 unspecified atom stereocenters. The minimum absolute atomic E-state index is 0.142. The highest BCUT2D eigenvalue weighted by Gasteiger charge is 2.39. The first kappa shape index (κ1) is 11.2. The molecule has 0 aromatic heterocycles. The maximum atomic E-state index is 3.58. The van der Waals surface area contributed by atoms with Crippen molar-refractivity contribution in [3.8, 4) is 0 Å². The summed E-state index contributed by atoms with van der Waals surface area (Å²) < 4.78 is 0. The summed E-state index contributed by atoms with van der Waals surface area (Å²) in [4.78, 5) is 6.52. The van der Waals surface area contributed by atoms with Gasteiger partial charge in [0.2, 0.25) is 0 Å². The third kappa shape index (κ3) is 1.96. The van der Waals surface area contributed by atoms with Crippen molar-refractivity contribution >= 4 is 29.2 Å². The van der Waals surface area contributed by atoms with Crippen LogP contribution in [0.25, 0.3) is 0 Å². The lowest BCUT2D eigenvalue weighted by Crippen LogP contribution is -2.83. The fourth-order valence-corrected chi connectivity index (χ4v) is 3.98. The van der Waals surface area contributed by atoms with Crippen LogP contribution in [0.1, 0.15) is 27.2 Å². The summed E-state index contributed by atoms with van der Waals surface area (Å²) in [6, 6.07) is 0. The van der Waals surface area contributed by atoms with Gasteiger partial charge in [0.25, 0.3) is 0 Å². The Morgan fingerprint density at radius 1 is 1.23 bits per heavy atom. The summed E-state index contributed by atoms with van der Waals surface area (Å²) in [5, 5.41) is 0. The van der Waals surface area contributed by atoms with Gasteiger partial charge < -0.3 is 0 Å². The predicted octanol–water partition coefficient (Wildman–Crippen LogP) is 1.65. The van der Waals surface area contributed by atoms with Crippen LogP contribution in [-0.2, 0) is 0 Å². The van der Waals surface area contributed by atoms with Crippen LogP contribution in [0.2, 0.25) is 0 Å². The average Bonchev–Trinajstić information content (AvgIpc) is 2.35. The summed E-state index contributed by atoms with van der Waals surface area (Å²) in [6.07, 6.45) is 5.42. The summed E-state index contributed by atoms with van der Waals surface area (Å²) >= 11 is 3.73. The topological polar surface area (TPSA) is 14.0 Å². The Morgan fingerprint density at radius 2 is 1.85 bits per heavy atom. The van der Waals surface area contributed by atoms with Crippen molar-refractivity contribution in [2.75, 3.05) is 12.5 Å². The molecular formula is C10H18NS2+. The molecule has 13 heavy (non-hydrogen) atoms. The first-order chi connectivity index (χ1) is 6.06. The number of hydrogen-bond donors (Lipinski definition) is 1. The SMILES string of the molecule is CCC1=[NH+]C(C)(C)C(SC)=C1SC.